The maximum atomic E-state index is 10.9. The number of hydrogen-bond acceptors (Lipinski definition) is 4. The standard InChI is InChI=1S/C9H12N2O3S/c1-4(2)7-6(8(13)14)11-9(15-7)10-5(3)12/h4H,1-3H3,(H,13,14)(H,10,11,12). The lowest BCUT2D eigenvalue weighted by atomic mass is 10.1. The summed E-state index contributed by atoms with van der Waals surface area (Å²) in [6, 6.07) is 0. The number of nitrogens with zero attached hydrogens (tertiary/aromatic N) is 1. The molecule has 1 heterocycles. The number of amides is 1. The molecule has 0 saturated carbocycles. The molecule has 0 fully saturated rings. The van der Waals surface area contributed by atoms with Crippen LogP contribution in [0.4, 0.5) is 5.13 Å². The zero-order valence-electron chi connectivity index (χ0n) is 8.70. The summed E-state index contributed by atoms with van der Waals surface area (Å²) in [5.41, 5.74) is 0.0266. The van der Waals surface area contributed by atoms with E-state index in [-0.39, 0.29) is 17.5 Å². The Morgan fingerprint density at radius 1 is 1.47 bits per heavy atom. The van der Waals surface area contributed by atoms with Crippen molar-refractivity contribution in [1.82, 2.24) is 4.98 Å². The smallest absolute Gasteiger partial charge is 0.355 e. The van der Waals surface area contributed by atoms with Gasteiger partial charge in [-0.1, -0.05) is 13.8 Å². The Morgan fingerprint density at radius 2 is 2.07 bits per heavy atom. The Morgan fingerprint density at radius 3 is 2.40 bits per heavy atom. The molecular formula is C9H12N2O3S. The van der Waals surface area contributed by atoms with E-state index in [9.17, 15) is 9.59 Å². The molecule has 15 heavy (non-hydrogen) atoms. The zero-order valence-corrected chi connectivity index (χ0v) is 9.51. The number of carboxylic acids is 1. The summed E-state index contributed by atoms with van der Waals surface area (Å²) in [5.74, 6) is -1.24. The average molecular weight is 228 g/mol. The van der Waals surface area contributed by atoms with E-state index in [1.165, 1.54) is 18.3 Å². The van der Waals surface area contributed by atoms with Crippen LogP contribution in [0.1, 0.15) is 42.1 Å². The van der Waals surface area contributed by atoms with Gasteiger partial charge in [0, 0.05) is 11.8 Å². The molecule has 0 saturated heterocycles. The van der Waals surface area contributed by atoms with Crippen molar-refractivity contribution >= 4 is 28.3 Å². The van der Waals surface area contributed by atoms with Crippen molar-refractivity contribution in [3.8, 4) is 0 Å². The minimum atomic E-state index is -1.06. The fourth-order valence-electron chi connectivity index (χ4n) is 1.08. The Hall–Kier alpha value is -1.43. The van der Waals surface area contributed by atoms with E-state index in [1.807, 2.05) is 13.8 Å². The van der Waals surface area contributed by atoms with Gasteiger partial charge in [-0.05, 0) is 5.92 Å². The minimum absolute atomic E-state index is 0.0266. The van der Waals surface area contributed by atoms with Crippen LogP contribution in [-0.4, -0.2) is 22.0 Å². The number of aromatic carboxylic acids is 1. The van der Waals surface area contributed by atoms with E-state index in [1.54, 1.807) is 0 Å². The highest BCUT2D eigenvalue weighted by molar-refractivity contribution is 7.16. The highest BCUT2D eigenvalue weighted by Gasteiger charge is 2.19. The SMILES string of the molecule is CC(=O)Nc1nc(C(=O)O)c(C(C)C)s1. The molecule has 0 aliphatic heterocycles. The molecular weight excluding hydrogens is 216 g/mol. The van der Waals surface area contributed by atoms with Crippen LogP contribution >= 0.6 is 11.3 Å². The molecule has 2 N–H and O–H groups in total. The van der Waals surface area contributed by atoms with Gasteiger partial charge in [-0.25, -0.2) is 9.78 Å². The molecule has 0 spiro atoms. The first-order valence-electron chi connectivity index (χ1n) is 4.43. The molecule has 0 aliphatic carbocycles. The van der Waals surface area contributed by atoms with Crippen molar-refractivity contribution in [2.75, 3.05) is 5.32 Å². The molecule has 0 aliphatic rings. The van der Waals surface area contributed by atoms with E-state index in [0.29, 0.717) is 10.0 Å². The summed E-state index contributed by atoms with van der Waals surface area (Å²) >= 11 is 1.20. The number of hydrogen-bond donors (Lipinski definition) is 2. The second kappa shape index (κ2) is 4.39. The molecule has 1 aromatic rings. The Bertz CT molecular complexity index is 398. The Labute approximate surface area is 91.1 Å². The van der Waals surface area contributed by atoms with E-state index in [4.69, 9.17) is 5.11 Å². The summed E-state index contributed by atoms with van der Waals surface area (Å²) in [5, 5.41) is 11.7. The van der Waals surface area contributed by atoms with Crippen LogP contribution in [0, 0.1) is 0 Å². The number of carboxylic acid groups (broad SMARTS) is 1. The third kappa shape index (κ3) is 2.76. The van der Waals surface area contributed by atoms with Crippen LogP contribution in [0.2, 0.25) is 0 Å². The third-order valence-corrected chi connectivity index (χ3v) is 2.93. The van der Waals surface area contributed by atoms with E-state index in [2.05, 4.69) is 10.3 Å². The number of anilines is 1. The molecule has 1 amide bonds. The van der Waals surface area contributed by atoms with Gasteiger partial charge in [0.2, 0.25) is 5.91 Å². The third-order valence-electron chi connectivity index (χ3n) is 1.66. The number of nitrogens with one attached hydrogen (secondary N) is 1. The summed E-state index contributed by atoms with van der Waals surface area (Å²) < 4.78 is 0. The lowest BCUT2D eigenvalue weighted by Crippen LogP contribution is -2.06. The lowest BCUT2D eigenvalue weighted by Gasteiger charge is -1.99. The summed E-state index contributed by atoms with van der Waals surface area (Å²) in [4.78, 5) is 26.2. The maximum absolute atomic E-state index is 10.9. The van der Waals surface area contributed by atoms with E-state index >= 15 is 0 Å². The lowest BCUT2D eigenvalue weighted by molar-refractivity contribution is -0.114. The largest absolute Gasteiger partial charge is 0.476 e. The molecule has 0 bridgehead atoms. The van der Waals surface area contributed by atoms with Gasteiger partial charge < -0.3 is 10.4 Å². The van der Waals surface area contributed by atoms with Crippen molar-refractivity contribution < 1.29 is 14.7 Å². The Kier molecular flexibility index (Phi) is 3.41. The highest BCUT2D eigenvalue weighted by atomic mass is 32.1. The number of rotatable bonds is 3. The predicted molar refractivity (Wildman–Crippen MR) is 57.5 cm³/mol. The molecule has 1 aromatic heterocycles. The average Bonchev–Trinajstić information content (AvgIpc) is 2.46. The first-order valence-corrected chi connectivity index (χ1v) is 5.25. The van der Waals surface area contributed by atoms with Gasteiger partial charge in [0.1, 0.15) is 0 Å². The van der Waals surface area contributed by atoms with Crippen molar-refractivity contribution in [2.24, 2.45) is 0 Å². The topological polar surface area (TPSA) is 79.3 Å². The summed E-state index contributed by atoms with van der Waals surface area (Å²) in [6.45, 7) is 5.13. The zero-order chi connectivity index (χ0) is 11.6. The van der Waals surface area contributed by atoms with Gasteiger partial charge in [-0.3, -0.25) is 4.79 Å². The van der Waals surface area contributed by atoms with Crippen LogP contribution in [0.3, 0.4) is 0 Å². The predicted octanol–water partition coefficient (Wildman–Crippen LogP) is 1.92. The van der Waals surface area contributed by atoms with Crippen LogP contribution in [0.5, 0.6) is 0 Å². The van der Waals surface area contributed by atoms with E-state index < -0.39 is 5.97 Å². The fourth-order valence-corrected chi connectivity index (χ4v) is 2.09. The van der Waals surface area contributed by atoms with Gasteiger partial charge in [-0.2, -0.15) is 0 Å². The normalized spacial score (nSPS) is 10.4. The highest BCUT2D eigenvalue weighted by Crippen LogP contribution is 2.29. The van der Waals surface area contributed by atoms with E-state index in [0.717, 1.165) is 0 Å². The van der Waals surface area contributed by atoms with Gasteiger partial charge in [0.25, 0.3) is 0 Å². The van der Waals surface area contributed by atoms with Gasteiger partial charge in [0.15, 0.2) is 10.8 Å². The van der Waals surface area contributed by atoms with Crippen molar-refractivity contribution in [1.29, 1.82) is 0 Å². The quantitative estimate of drug-likeness (QED) is 0.828. The maximum Gasteiger partial charge on any atom is 0.355 e. The van der Waals surface area contributed by atoms with Gasteiger partial charge in [0.05, 0.1) is 0 Å². The molecule has 82 valence electrons. The van der Waals surface area contributed by atoms with Gasteiger partial charge >= 0.3 is 5.97 Å². The molecule has 1 rings (SSSR count). The van der Waals surface area contributed by atoms with Crippen LogP contribution < -0.4 is 5.32 Å². The summed E-state index contributed by atoms with van der Waals surface area (Å²) in [6.07, 6.45) is 0. The first-order chi connectivity index (χ1) is 6.91. The second-order valence-corrected chi connectivity index (χ2v) is 4.40. The molecule has 0 aromatic carbocycles. The molecule has 0 atom stereocenters. The van der Waals surface area contributed by atoms with Crippen LogP contribution in [0.25, 0.3) is 0 Å². The van der Waals surface area contributed by atoms with Crippen molar-refractivity contribution in [3.05, 3.63) is 10.6 Å². The number of carbonyl (C=O) groups excluding carboxylic acids is 1. The van der Waals surface area contributed by atoms with Gasteiger partial charge in [-0.15, -0.1) is 11.3 Å². The molecule has 0 radical (unpaired) electrons. The monoisotopic (exact) mass is 228 g/mol. The first kappa shape index (κ1) is 11.6. The van der Waals surface area contributed by atoms with Crippen LogP contribution in [0.15, 0.2) is 0 Å². The fraction of sp³-hybridized carbons (Fsp3) is 0.444. The molecule has 6 heteroatoms. The Balaban J connectivity index is 3.09. The number of carbonyl (C=O) groups is 2. The van der Waals surface area contributed by atoms with Crippen molar-refractivity contribution in [3.63, 3.8) is 0 Å². The number of aromatic nitrogens is 1. The second-order valence-electron chi connectivity index (χ2n) is 3.37. The molecule has 0 unspecified atom stereocenters. The molecule has 5 nitrogen and oxygen atoms in total. The van der Waals surface area contributed by atoms with Crippen molar-refractivity contribution in [2.45, 2.75) is 26.7 Å². The minimum Gasteiger partial charge on any atom is -0.476 e. The summed E-state index contributed by atoms with van der Waals surface area (Å²) in [7, 11) is 0. The van der Waals surface area contributed by atoms with Crippen LogP contribution in [-0.2, 0) is 4.79 Å². The number of thiazole rings is 1.